The molecule has 4 N–H and O–H groups in total. The fourth-order valence-electron chi connectivity index (χ4n) is 2.50. The predicted octanol–water partition coefficient (Wildman–Crippen LogP) is 1.15. The molecule has 1 fully saturated rings. The summed E-state index contributed by atoms with van der Waals surface area (Å²) in [6.45, 7) is 3.19. The molecule has 2 rings (SSSR count). The smallest absolute Gasteiger partial charge is 0.337 e. The van der Waals surface area contributed by atoms with Gasteiger partial charge in [-0.15, -0.1) is 0 Å². The number of aromatic carboxylic acids is 1. The summed E-state index contributed by atoms with van der Waals surface area (Å²) in [6.07, 6.45) is 4.59. The Labute approximate surface area is 118 Å². The lowest BCUT2D eigenvalue weighted by atomic mass is 10.0. The van der Waals surface area contributed by atoms with E-state index in [9.17, 15) is 9.90 Å². The minimum Gasteiger partial charge on any atom is -0.478 e. The molecule has 1 aliphatic rings. The minimum atomic E-state index is -0.975. The zero-order chi connectivity index (χ0) is 14.4. The normalized spacial score (nSPS) is 15.8. The topological polar surface area (TPSA) is 91.0 Å². The van der Waals surface area contributed by atoms with Crippen LogP contribution in [0, 0.1) is 0 Å². The van der Waals surface area contributed by atoms with E-state index in [4.69, 9.17) is 5.84 Å². The Kier molecular flexibility index (Phi) is 5.09. The van der Waals surface area contributed by atoms with Gasteiger partial charge in [-0.1, -0.05) is 12.1 Å². The number of carboxylic acids is 1. The quantitative estimate of drug-likeness (QED) is 0.314. The average Bonchev–Trinajstić information content (AvgIpc) is 2.96. The summed E-state index contributed by atoms with van der Waals surface area (Å²) in [4.78, 5) is 17.8. The lowest BCUT2D eigenvalue weighted by Crippen LogP contribution is -2.22. The number of hydrazine groups is 1. The van der Waals surface area contributed by atoms with Gasteiger partial charge in [-0.2, -0.15) is 0 Å². The number of nitrogens with zero attached hydrogens (tertiary/aromatic N) is 2. The van der Waals surface area contributed by atoms with E-state index in [1.807, 2.05) is 6.07 Å². The minimum absolute atomic E-state index is 0.204. The maximum Gasteiger partial charge on any atom is 0.337 e. The van der Waals surface area contributed by atoms with E-state index in [0.29, 0.717) is 5.69 Å². The van der Waals surface area contributed by atoms with E-state index in [2.05, 4.69) is 15.3 Å². The molecular formula is C14H20N4O2. The fourth-order valence-corrected chi connectivity index (χ4v) is 2.50. The summed E-state index contributed by atoms with van der Waals surface area (Å²) in [5.74, 6) is 4.20. The predicted molar refractivity (Wildman–Crippen MR) is 78.3 cm³/mol. The third kappa shape index (κ3) is 3.55. The Hall–Kier alpha value is -1.92. The Balaban J connectivity index is 2.18. The standard InChI is InChI=1S/C14H20N4O2/c15-17-10-16-13-11(4-3-5-12(13)14(19)20)6-9-18-7-1-2-8-18/h3-5,10H,1-2,6-9,15H2,(H,16,17)(H,19,20). The number of rotatable bonds is 6. The number of carboxylic acid groups (broad SMARTS) is 1. The molecule has 1 aliphatic heterocycles. The molecule has 1 heterocycles. The van der Waals surface area contributed by atoms with Gasteiger partial charge in [-0.05, 0) is 44.0 Å². The molecule has 6 nitrogen and oxygen atoms in total. The molecule has 0 saturated carbocycles. The largest absolute Gasteiger partial charge is 0.478 e. The van der Waals surface area contributed by atoms with Gasteiger partial charge < -0.3 is 15.4 Å². The number of para-hydroxylation sites is 1. The highest BCUT2D eigenvalue weighted by Gasteiger charge is 2.15. The third-order valence-corrected chi connectivity index (χ3v) is 3.51. The second-order valence-corrected chi connectivity index (χ2v) is 4.84. The molecular weight excluding hydrogens is 256 g/mol. The van der Waals surface area contributed by atoms with Crippen molar-refractivity contribution in [3.8, 4) is 0 Å². The second kappa shape index (κ2) is 7.02. The number of likely N-dealkylation sites (tertiary alicyclic amines) is 1. The lowest BCUT2D eigenvalue weighted by Gasteiger charge is -2.15. The van der Waals surface area contributed by atoms with Crippen LogP contribution >= 0.6 is 0 Å². The van der Waals surface area contributed by atoms with Gasteiger partial charge in [-0.3, -0.25) is 0 Å². The van der Waals surface area contributed by atoms with Gasteiger partial charge in [0.25, 0.3) is 0 Å². The van der Waals surface area contributed by atoms with Crippen LogP contribution in [-0.4, -0.2) is 41.9 Å². The van der Waals surface area contributed by atoms with Gasteiger partial charge in [0.1, 0.15) is 6.34 Å². The first-order valence-corrected chi connectivity index (χ1v) is 6.78. The summed E-state index contributed by atoms with van der Waals surface area (Å²) in [5.41, 5.74) is 3.93. The van der Waals surface area contributed by atoms with Gasteiger partial charge in [0.2, 0.25) is 0 Å². The maximum absolute atomic E-state index is 11.3. The molecule has 20 heavy (non-hydrogen) atoms. The first-order chi connectivity index (χ1) is 9.72. The van der Waals surface area contributed by atoms with Crippen molar-refractivity contribution in [1.82, 2.24) is 10.3 Å². The molecule has 0 spiro atoms. The van der Waals surface area contributed by atoms with Gasteiger partial charge in [0, 0.05) is 6.54 Å². The van der Waals surface area contributed by atoms with Crippen molar-refractivity contribution >= 4 is 18.0 Å². The van der Waals surface area contributed by atoms with Gasteiger partial charge in [0.05, 0.1) is 11.3 Å². The molecule has 0 unspecified atom stereocenters. The van der Waals surface area contributed by atoms with Crippen molar-refractivity contribution in [2.75, 3.05) is 19.6 Å². The van der Waals surface area contributed by atoms with Crippen molar-refractivity contribution < 1.29 is 9.90 Å². The molecule has 0 amide bonds. The van der Waals surface area contributed by atoms with Crippen LogP contribution in [0.5, 0.6) is 0 Å². The molecule has 0 atom stereocenters. The third-order valence-electron chi connectivity index (χ3n) is 3.51. The summed E-state index contributed by atoms with van der Waals surface area (Å²) in [7, 11) is 0. The van der Waals surface area contributed by atoms with Crippen LogP contribution in [-0.2, 0) is 6.42 Å². The highest BCUT2D eigenvalue weighted by atomic mass is 16.4. The first-order valence-electron chi connectivity index (χ1n) is 6.78. The van der Waals surface area contributed by atoms with Crippen LogP contribution < -0.4 is 11.3 Å². The number of nitrogens with one attached hydrogen (secondary N) is 1. The van der Waals surface area contributed by atoms with Crippen LogP contribution in [0.25, 0.3) is 0 Å². The number of carbonyl (C=O) groups is 1. The molecule has 0 aromatic heterocycles. The van der Waals surface area contributed by atoms with Gasteiger partial charge in [0.15, 0.2) is 0 Å². The van der Waals surface area contributed by atoms with Crippen molar-refractivity contribution in [1.29, 1.82) is 0 Å². The van der Waals surface area contributed by atoms with Crippen LogP contribution in [0.2, 0.25) is 0 Å². The number of hydrogen-bond donors (Lipinski definition) is 3. The molecule has 6 heteroatoms. The summed E-state index contributed by atoms with van der Waals surface area (Å²) in [6, 6.07) is 5.24. The molecule has 0 aliphatic carbocycles. The Morgan fingerprint density at radius 3 is 2.85 bits per heavy atom. The maximum atomic E-state index is 11.3. The number of hydrogen-bond acceptors (Lipinski definition) is 4. The first kappa shape index (κ1) is 14.5. The van der Waals surface area contributed by atoms with E-state index in [1.54, 1.807) is 12.1 Å². The summed E-state index contributed by atoms with van der Waals surface area (Å²) in [5, 5.41) is 9.23. The van der Waals surface area contributed by atoms with Crippen LogP contribution in [0.3, 0.4) is 0 Å². The van der Waals surface area contributed by atoms with Crippen molar-refractivity contribution in [3.05, 3.63) is 29.3 Å². The van der Waals surface area contributed by atoms with Gasteiger partial charge >= 0.3 is 5.97 Å². The zero-order valence-corrected chi connectivity index (χ0v) is 11.4. The van der Waals surface area contributed by atoms with Gasteiger partial charge in [-0.25, -0.2) is 15.6 Å². The van der Waals surface area contributed by atoms with Crippen molar-refractivity contribution in [3.63, 3.8) is 0 Å². The highest BCUT2D eigenvalue weighted by molar-refractivity contribution is 5.94. The second-order valence-electron chi connectivity index (χ2n) is 4.84. The van der Waals surface area contributed by atoms with E-state index in [-0.39, 0.29) is 5.56 Å². The Bertz CT molecular complexity index is 496. The summed E-state index contributed by atoms with van der Waals surface area (Å²) < 4.78 is 0. The van der Waals surface area contributed by atoms with E-state index in [1.165, 1.54) is 19.2 Å². The van der Waals surface area contributed by atoms with E-state index in [0.717, 1.165) is 31.6 Å². The number of nitrogens with two attached hydrogens (primary N) is 1. The molecule has 1 aromatic carbocycles. The zero-order valence-electron chi connectivity index (χ0n) is 11.4. The molecule has 0 bridgehead atoms. The lowest BCUT2D eigenvalue weighted by molar-refractivity contribution is 0.0697. The Morgan fingerprint density at radius 1 is 1.45 bits per heavy atom. The SMILES string of the molecule is NNC=Nc1c(CCN2CCCC2)cccc1C(=O)O. The molecule has 108 valence electrons. The van der Waals surface area contributed by atoms with Crippen molar-refractivity contribution in [2.24, 2.45) is 10.8 Å². The molecule has 1 saturated heterocycles. The number of aliphatic imine (C=N–C) groups is 1. The molecule has 1 aromatic rings. The number of benzene rings is 1. The van der Waals surface area contributed by atoms with Crippen LogP contribution in [0.4, 0.5) is 5.69 Å². The monoisotopic (exact) mass is 276 g/mol. The van der Waals surface area contributed by atoms with Crippen molar-refractivity contribution in [2.45, 2.75) is 19.3 Å². The Morgan fingerprint density at radius 2 is 2.20 bits per heavy atom. The summed E-state index contributed by atoms with van der Waals surface area (Å²) >= 11 is 0. The molecule has 0 radical (unpaired) electrons. The average molecular weight is 276 g/mol. The van der Waals surface area contributed by atoms with E-state index >= 15 is 0 Å². The van der Waals surface area contributed by atoms with E-state index < -0.39 is 5.97 Å². The van der Waals surface area contributed by atoms with Crippen LogP contribution in [0.1, 0.15) is 28.8 Å². The van der Waals surface area contributed by atoms with Crippen LogP contribution in [0.15, 0.2) is 23.2 Å². The highest BCUT2D eigenvalue weighted by Crippen LogP contribution is 2.25. The fraction of sp³-hybridized carbons (Fsp3) is 0.429.